The molecule has 0 aliphatic carbocycles. The van der Waals surface area contributed by atoms with Crippen molar-refractivity contribution in [3.63, 3.8) is 0 Å². The third-order valence-electron chi connectivity index (χ3n) is 2.21. The highest BCUT2D eigenvalue weighted by Gasteiger charge is 2.16. The van der Waals surface area contributed by atoms with Gasteiger partial charge in [-0.25, -0.2) is 4.39 Å². The molecule has 1 N–H and O–H groups in total. The van der Waals surface area contributed by atoms with Gasteiger partial charge in [0.05, 0.1) is 5.02 Å². The Morgan fingerprint density at radius 2 is 2.36 bits per heavy atom. The molecule has 14 heavy (non-hydrogen) atoms. The van der Waals surface area contributed by atoms with E-state index in [1.54, 1.807) is 6.07 Å². The van der Waals surface area contributed by atoms with E-state index in [9.17, 15) is 4.39 Å². The molecule has 1 aliphatic rings. The van der Waals surface area contributed by atoms with E-state index in [4.69, 9.17) is 16.3 Å². The molecule has 1 heterocycles. The fourth-order valence-corrected chi connectivity index (χ4v) is 1.59. The minimum absolute atomic E-state index is 0.127. The molecule has 2 rings (SSSR count). The lowest BCUT2D eigenvalue weighted by Crippen LogP contribution is -2.19. The average Bonchev–Trinajstić information content (AvgIpc) is 2.64. The van der Waals surface area contributed by atoms with Crippen LogP contribution in [0, 0.1) is 5.82 Å². The third kappa shape index (κ3) is 2.16. The zero-order chi connectivity index (χ0) is 9.97. The Hall–Kier alpha value is -0.800. The lowest BCUT2D eigenvalue weighted by Gasteiger charge is -2.12. The van der Waals surface area contributed by atoms with Gasteiger partial charge in [0.1, 0.15) is 17.7 Å². The van der Waals surface area contributed by atoms with E-state index in [2.05, 4.69) is 5.32 Å². The monoisotopic (exact) mass is 215 g/mol. The molecule has 1 aromatic carbocycles. The molecule has 1 aromatic rings. The number of ether oxygens (including phenoxy) is 1. The maximum Gasteiger partial charge on any atom is 0.145 e. The SMILES string of the molecule is Fc1cc(O[C@@H]2CCNC2)ccc1Cl. The van der Waals surface area contributed by atoms with Gasteiger partial charge in [-0.3, -0.25) is 0 Å². The second-order valence-electron chi connectivity index (χ2n) is 3.31. The van der Waals surface area contributed by atoms with Gasteiger partial charge in [-0.2, -0.15) is 0 Å². The zero-order valence-corrected chi connectivity index (χ0v) is 8.35. The molecule has 2 nitrogen and oxygen atoms in total. The highest BCUT2D eigenvalue weighted by Crippen LogP contribution is 2.22. The molecule has 76 valence electrons. The summed E-state index contributed by atoms with van der Waals surface area (Å²) in [4.78, 5) is 0. The van der Waals surface area contributed by atoms with Crippen LogP contribution in [0.15, 0.2) is 18.2 Å². The Kier molecular flexibility index (Phi) is 2.89. The summed E-state index contributed by atoms with van der Waals surface area (Å²) in [5, 5.41) is 3.30. The van der Waals surface area contributed by atoms with E-state index in [1.165, 1.54) is 12.1 Å². The highest BCUT2D eigenvalue weighted by atomic mass is 35.5. The number of hydrogen-bond donors (Lipinski definition) is 1. The molecule has 0 radical (unpaired) electrons. The first-order valence-corrected chi connectivity index (χ1v) is 4.96. The maximum absolute atomic E-state index is 13.0. The summed E-state index contributed by atoms with van der Waals surface area (Å²) in [6, 6.07) is 4.51. The van der Waals surface area contributed by atoms with Crippen molar-refractivity contribution in [3.8, 4) is 5.75 Å². The molecule has 0 spiro atoms. The number of halogens is 2. The van der Waals surface area contributed by atoms with Crippen LogP contribution in [0.25, 0.3) is 0 Å². The van der Waals surface area contributed by atoms with Crippen molar-refractivity contribution < 1.29 is 9.13 Å². The van der Waals surface area contributed by atoms with Gasteiger partial charge in [0.2, 0.25) is 0 Å². The second kappa shape index (κ2) is 4.15. The summed E-state index contributed by atoms with van der Waals surface area (Å²) in [6.07, 6.45) is 1.11. The van der Waals surface area contributed by atoms with Gasteiger partial charge in [-0.1, -0.05) is 11.6 Å². The average molecular weight is 216 g/mol. The van der Waals surface area contributed by atoms with Gasteiger partial charge in [-0.05, 0) is 25.1 Å². The number of nitrogens with one attached hydrogen (secondary N) is 1. The van der Waals surface area contributed by atoms with Crippen molar-refractivity contribution in [2.75, 3.05) is 13.1 Å². The Labute approximate surface area is 87.0 Å². The molecule has 1 atom stereocenters. The van der Waals surface area contributed by atoms with Crippen LogP contribution in [0.1, 0.15) is 6.42 Å². The summed E-state index contributed by atoms with van der Waals surface area (Å²) >= 11 is 5.55. The first-order valence-electron chi connectivity index (χ1n) is 4.58. The normalized spacial score (nSPS) is 21.1. The van der Waals surface area contributed by atoms with E-state index >= 15 is 0 Å². The summed E-state index contributed by atoms with van der Waals surface area (Å²) in [7, 11) is 0. The maximum atomic E-state index is 13.0. The van der Waals surface area contributed by atoms with Crippen molar-refractivity contribution in [2.45, 2.75) is 12.5 Å². The molecule has 1 aliphatic heterocycles. The summed E-state index contributed by atoms with van der Waals surface area (Å²) in [5.41, 5.74) is 0. The second-order valence-corrected chi connectivity index (χ2v) is 3.72. The fourth-order valence-electron chi connectivity index (χ4n) is 1.47. The van der Waals surface area contributed by atoms with Gasteiger partial charge in [0.15, 0.2) is 0 Å². The molecule has 0 aromatic heterocycles. The predicted molar refractivity (Wildman–Crippen MR) is 53.3 cm³/mol. The quantitative estimate of drug-likeness (QED) is 0.817. The molecular weight excluding hydrogens is 205 g/mol. The third-order valence-corrected chi connectivity index (χ3v) is 2.52. The minimum Gasteiger partial charge on any atom is -0.489 e. The van der Waals surface area contributed by atoms with Crippen LogP contribution in [-0.4, -0.2) is 19.2 Å². The molecule has 0 bridgehead atoms. The minimum atomic E-state index is -0.435. The highest BCUT2D eigenvalue weighted by molar-refractivity contribution is 6.30. The van der Waals surface area contributed by atoms with Crippen LogP contribution in [0.4, 0.5) is 4.39 Å². The predicted octanol–water partition coefficient (Wildman–Crippen LogP) is 2.22. The molecule has 1 saturated heterocycles. The van der Waals surface area contributed by atoms with E-state index < -0.39 is 5.82 Å². The largest absolute Gasteiger partial charge is 0.489 e. The number of rotatable bonds is 2. The Morgan fingerprint density at radius 3 is 3.00 bits per heavy atom. The van der Waals surface area contributed by atoms with E-state index in [1.807, 2.05) is 0 Å². The lowest BCUT2D eigenvalue weighted by atomic mass is 10.3. The first kappa shape index (κ1) is 9.74. The van der Waals surface area contributed by atoms with Crippen molar-refractivity contribution >= 4 is 11.6 Å². The smallest absolute Gasteiger partial charge is 0.145 e. The van der Waals surface area contributed by atoms with Crippen LogP contribution in [0.2, 0.25) is 5.02 Å². The molecule has 0 saturated carbocycles. The van der Waals surface area contributed by atoms with Gasteiger partial charge >= 0.3 is 0 Å². The van der Waals surface area contributed by atoms with E-state index in [0.717, 1.165) is 19.5 Å². The Morgan fingerprint density at radius 1 is 1.50 bits per heavy atom. The van der Waals surface area contributed by atoms with Crippen molar-refractivity contribution in [1.82, 2.24) is 5.32 Å². The molecule has 0 unspecified atom stereocenters. The number of benzene rings is 1. The Bertz CT molecular complexity index is 326. The van der Waals surface area contributed by atoms with Gasteiger partial charge < -0.3 is 10.1 Å². The van der Waals surface area contributed by atoms with Gasteiger partial charge in [0, 0.05) is 12.6 Å². The van der Waals surface area contributed by atoms with Crippen LogP contribution >= 0.6 is 11.6 Å². The number of hydrogen-bond acceptors (Lipinski definition) is 2. The van der Waals surface area contributed by atoms with Gasteiger partial charge in [0.25, 0.3) is 0 Å². The zero-order valence-electron chi connectivity index (χ0n) is 7.59. The van der Waals surface area contributed by atoms with Crippen LogP contribution in [0.5, 0.6) is 5.75 Å². The molecule has 0 amide bonds. The summed E-state index contributed by atoms with van der Waals surface area (Å²) in [6.45, 7) is 1.78. The molecular formula is C10H11ClFNO. The van der Waals surface area contributed by atoms with E-state index in [0.29, 0.717) is 5.75 Å². The fraction of sp³-hybridized carbons (Fsp3) is 0.400. The van der Waals surface area contributed by atoms with Crippen LogP contribution in [-0.2, 0) is 0 Å². The van der Waals surface area contributed by atoms with E-state index in [-0.39, 0.29) is 11.1 Å². The summed E-state index contributed by atoms with van der Waals surface area (Å²) in [5.74, 6) is 0.107. The van der Waals surface area contributed by atoms with Crippen LogP contribution in [0.3, 0.4) is 0 Å². The first-order chi connectivity index (χ1) is 6.75. The lowest BCUT2D eigenvalue weighted by molar-refractivity contribution is 0.222. The molecule has 4 heteroatoms. The van der Waals surface area contributed by atoms with Gasteiger partial charge in [-0.15, -0.1) is 0 Å². The Balaban J connectivity index is 2.05. The van der Waals surface area contributed by atoms with Crippen molar-refractivity contribution in [1.29, 1.82) is 0 Å². The van der Waals surface area contributed by atoms with Crippen molar-refractivity contribution in [3.05, 3.63) is 29.0 Å². The topological polar surface area (TPSA) is 21.3 Å². The summed E-state index contributed by atoms with van der Waals surface area (Å²) < 4.78 is 18.6. The molecule has 1 fully saturated rings. The standard InChI is InChI=1S/C10H11ClFNO/c11-9-2-1-7(5-10(9)12)14-8-3-4-13-6-8/h1-2,5,8,13H,3-4,6H2/t8-/m1/s1. The van der Waals surface area contributed by atoms with Crippen molar-refractivity contribution in [2.24, 2.45) is 0 Å². The van der Waals surface area contributed by atoms with Crippen LogP contribution < -0.4 is 10.1 Å².